The molecule has 164 valence electrons. The molecule has 0 aliphatic carbocycles. The molecule has 7 nitrogen and oxygen atoms in total. The number of para-hydroxylation sites is 1. The molecule has 10 heteroatoms. The number of hydrogen-bond acceptors (Lipinski definition) is 7. The highest BCUT2D eigenvalue weighted by molar-refractivity contribution is 9.10. The number of hydrogen-bond donors (Lipinski definition) is 1. The van der Waals surface area contributed by atoms with Crippen LogP contribution in [0.1, 0.15) is 10.6 Å². The fourth-order valence-corrected chi connectivity index (χ4v) is 4.90. The first-order chi connectivity index (χ1) is 15.6. The maximum atomic E-state index is 12.1. The van der Waals surface area contributed by atoms with Gasteiger partial charge in [0.1, 0.15) is 17.4 Å². The first kappa shape index (κ1) is 22.5. The lowest BCUT2D eigenvalue weighted by Gasteiger charge is -2.08. The van der Waals surface area contributed by atoms with Crippen molar-refractivity contribution in [3.8, 4) is 5.75 Å². The van der Waals surface area contributed by atoms with Crippen molar-refractivity contribution < 1.29 is 9.53 Å². The molecule has 4 aromatic rings. The highest BCUT2D eigenvalue weighted by atomic mass is 79.9. The molecule has 2 aromatic heterocycles. The molecule has 0 bridgehead atoms. The molecule has 0 atom stereocenters. The number of amides is 1. The zero-order valence-electron chi connectivity index (χ0n) is 17.2. The Morgan fingerprint density at radius 1 is 1.25 bits per heavy atom. The molecule has 1 N–H and O–H groups in total. The molecule has 0 spiro atoms. The molecule has 0 fully saturated rings. The van der Waals surface area contributed by atoms with E-state index in [-0.39, 0.29) is 11.7 Å². The maximum Gasteiger partial charge on any atom is 0.250 e. The van der Waals surface area contributed by atoms with Crippen molar-refractivity contribution in [3.05, 3.63) is 69.8 Å². The lowest BCUT2D eigenvalue weighted by atomic mass is 10.2. The Labute approximate surface area is 202 Å². The second kappa shape index (κ2) is 10.8. The monoisotopic (exact) mass is 529 g/mol. The smallest absolute Gasteiger partial charge is 0.250 e. The Bertz CT molecular complexity index is 1240. The van der Waals surface area contributed by atoms with E-state index < -0.39 is 0 Å². The number of fused-ring (bicyclic) bond motifs is 1. The average molecular weight is 530 g/mol. The molecule has 2 aromatic carbocycles. The molecule has 0 aliphatic heterocycles. The Hall–Kier alpha value is -2.69. The molecule has 0 saturated heterocycles. The predicted molar refractivity (Wildman–Crippen MR) is 133 cm³/mol. The summed E-state index contributed by atoms with van der Waals surface area (Å²) in [5, 5.41) is 14.0. The van der Waals surface area contributed by atoms with Crippen molar-refractivity contribution in [3.63, 3.8) is 0 Å². The van der Waals surface area contributed by atoms with Crippen LogP contribution >= 0.6 is 39.0 Å². The summed E-state index contributed by atoms with van der Waals surface area (Å²) in [4.78, 5) is 12.1. The van der Waals surface area contributed by atoms with Crippen LogP contribution in [0.2, 0.25) is 0 Å². The molecule has 0 unspecified atom stereocenters. The van der Waals surface area contributed by atoms with Gasteiger partial charge in [0.05, 0.1) is 18.5 Å². The molecular formula is C22H20BrN5O2S2. The van der Waals surface area contributed by atoms with Crippen LogP contribution in [0, 0.1) is 6.92 Å². The van der Waals surface area contributed by atoms with Gasteiger partial charge in [-0.25, -0.2) is 5.43 Å². The van der Waals surface area contributed by atoms with E-state index in [1.165, 1.54) is 23.1 Å². The van der Waals surface area contributed by atoms with Crippen molar-refractivity contribution in [2.24, 2.45) is 5.10 Å². The van der Waals surface area contributed by atoms with Crippen LogP contribution in [-0.2, 0) is 11.3 Å². The summed E-state index contributed by atoms with van der Waals surface area (Å²) < 4.78 is 9.78. The van der Waals surface area contributed by atoms with Crippen molar-refractivity contribution in [2.45, 2.75) is 17.8 Å². The van der Waals surface area contributed by atoms with Crippen molar-refractivity contribution in [1.82, 2.24) is 20.2 Å². The molecular weight excluding hydrogens is 510 g/mol. The van der Waals surface area contributed by atoms with Gasteiger partial charge in [-0.15, -0.1) is 10.2 Å². The van der Waals surface area contributed by atoms with Gasteiger partial charge in [-0.05, 0) is 37.3 Å². The Morgan fingerprint density at radius 2 is 2.06 bits per heavy atom. The van der Waals surface area contributed by atoms with E-state index >= 15 is 0 Å². The number of nitrogens with one attached hydrogen (secondary N) is 1. The van der Waals surface area contributed by atoms with Crippen LogP contribution in [0.4, 0.5) is 0 Å². The number of rotatable bonds is 9. The van der Waals surface area contributed by atoms with Gasteiger partial charge in [-0.1, -0.05) is 57.2 Å². The van der Waals surface area contributed by atoms with Gasteiger partial charge in [0, 0.05) is 27.1 Å². The number of nitrogens with zero attached hydrogens (tertiary/aromatic N) is 4. The zero-order chi connectivity index (χ0) is 22.3. The Morgan fingerprint density at radius 3 is 2.84 bits per heavy atom. The molecule has 1 amide bonds. The lowest BCUT2D eigenvalue weighted by molar-refractivity contribution is -0.118. The second-order valence-corrected chi connectivity index (χ2v) is 10.1. The summed E-state index contributed by atoms with van der Waals surface area (Å²) in [7, 11) is 0. The summed E-state index contributed by atoms with van der Waals surface area (Å²) in [6, 6.07) is 15.9. The molecule has 2 heterocycles. The standard InChI is InChI=1S/C22H20BrN5O2S2/c1-15-25-27-22(32-15)31-14-21(29)26-24-12-16-13-28(20-5-3-2-4-19(16)20)10-11-30-18-8-6-17(23)7-9-18/h2-9,12-13H,10-11,14H2,1H3,(H,26,29). The third-order valence-electron chi connectivity index (χ3n) is 4.46. The van der Waals surface area contributed by atoms with Gasteiger partial charge in [-0.2, -0.15) is 5.10 Å². The molecule has 0 saturated carbocycles. The summed E-state index contributed by atoms with van der Waals surface area (Å²) >= 11 is 6.24. The zero-order valence-corrected chi connectivity index (χ0v) is 20.4. The third-order valence-corrected chi connectivity index (χ3v) is 6.96. The number of aromatic nitrogens is 3. The maximum absolute atomic E-state index is 12.1. The number of carbonyl (C=O) groups is 1. The van der Waals surface area contributed by atoms with E-state index in [0.717, 1.165) is 36.0 Å². The van der Waals surface area contributed by atoms with E-state index in [1.54, 1.807) is 6.21 Å². The van der Waals surface area contributed by atoms with Crippen molar-refractivity contribution in [2.75, 3.05) is 12.4 Å². The van der Waals surface area contributed by atoms with Crippen molar-refractivity contribution >= 4 is 62.1 Å². The summed E-state index contributed by atoms with van der Waals surface area (Å²) in [5.41, 5.74) is 4.59. The van der Waals surface area contributed by atoms with Crippen LogP contribution in [-0.4, -0.2) is 39.2 Å². The van der Waals surface area contributed by atoms with Gasteiger partial charge in [0.2, 0.25) is 0 Å². The molecule has 0 aliphatic rings. The normalized spacial score (nSPS) is 11.3. The number of thioether (sulfide) groups is 1. The van der Waals surface area contributed by atoms with Gasteiger partial charge in [0.25, 0.3) is 5.91 Å². The highest BCUT2D eigenvalue weighted by Gasteiger charge is 2.08. The number of aryl methyl sites for hydroxylation is 1. The number of halogens is 1. The minimum absolute atomic E-state index is 0.189. The topological polar surface area (TPSA) is 81.4 Å². The largest absolute Gasteiger partial charge is 0.492 e. The van der Waals surface area contributed by atoms with E-state index in [2.05, 4.69) is 47.3 Å². The number of hydrazone groups is 1. The first-order valence-electron chi connectivity index (χ1n) is 9.79. The quantitative estimate of drug-likeness (QED) is 0.190. The van der Waals surface area contributed by atoms with Crippen LogP contribution in [0.5, 0.6) is 5.75 Å². The SMILES string of the molecule is Cc1nnc(SCC(=O)NN=Cc2cn(CCOc3ccc(Br)cc3)c3ccccc23)s1. The van der Waals surface area contributed by atoms with Gasteiger partial charge in [0.15, 0.2) is 4.34 Å². The number of benzene rings is 2. The Balaban J connectivity index is 1.36. The van der Waals surface area contributed by atoms with Crippen LogP contribution in [0.25, 0.3) is 10.9 Å². The first-order valence-corrected chi connectivity index (χ1v) is 12.4. The molecule has 0 radical (unpaired) electrons. The van der Waals surface area contributed by atoms with E-state index in [4.69, 9.17) is 4.74 Å². The van der Waals surface area contributed by atoms with Crippen LogP contribution in [0.15, 0.2) is 68.6 Å². The minimum Gasteiger partial charge on any atom is -0.492 e. The summed E-state index contributed by atoms with van der Waals surface area (Å²) in [6.07, 6.45) is 3.69. The summed E-state index contributed by atoms with van der Waals surface area (Å²) in [6.45, 7) is 3.11. The van der Waals surface area contributed by atoms with E-state index in [1.807, 2.05) is 55.6 Å². The second-order valence-electron chi connectivity index (χ2n) is 6.77. The Kier molecular flexibility index (Phi) is 7.56. The summed E-state index contributed by atoms with van der Waals surface area (Å²) in [5.74, 6) is 0.877. The minimum atomic E-state index is -0.189. The third kappa shape index (κ3) is 5.96. The lowest BCUT2D eigenvalue weighted by Crippen LogP contribution is -2.19. The van der Waals surface area contributed by atoms with Crippen LogP contribution < -0.4 is 10.2 Å². The van der Waals surface area contributed by atoms with Gasteiger partial charge >= 0.3 is 0 Å². The number of carbonyl (C=O) groups excluding carboxylic acids is 1. The van der Waals surface area contributed by atoms with Gasteiger partial charge in [-0.3, -0.25) is 4.79 Å². The van der Waals surface area contributed by atoms with Crippen molar-refractivity contribution in [1.29, 1.82) is 0 Å². The molecule has 32 heavy (non-hydrogen) atoms. The van der Waals surface area contributed by atoms with Gasteiger partial charge < -0.3 is 9.30 Å². The number of ether oxygens (including phenoxy) is 1. The fourth-order valence-electron chi connectivity index (χ4n) is 3.03. The highest BCUT2D eigenvalue weighted by Crippen LogP contribution is 2.22. The van der Waals surface area contributed by atoms with E-state index in [9.17, 15) is 4.79 Å². The fraction of sp³-hybridized carbons (Fsp3) is 0.182. The average Bonchev–Trinajstić information content (AvgIpc) is 3.37. The van der Waals surface area contributed by atoms with E-state index in [0.29, 0.717) is 13.2 Å². The predicted octanol–water partition coefficient (Wildman–Crippen LogP) is 4.89. The van der Waals surface area contributed by atoms with Crippen LogP contribution in [0.3, 0.4) is 0 Å². The molecule has 4 rings (SSSR count).